The first kappa shape index (κ1) is 32.1. The topological polar surface area (TPSA) is 120 Å². The number of hydrogen-bond donors (Lipinski definition) is 1. The van der Waals surface area contributed by atoms with Gasteiger partial charge in [0, 0.05) is 43.0 Å². The van der Waals surface area contributed by atoms with E-state index < -0.39 is 11.8 Å². The number of allylic oxidation sites excluding steroid dienone is 1. The molecule has 1 N–H and O–H groups in total. The third-order valence-electron chi connectivity index (χ3n) is 8.11. The van der Waals surface area contributed by atoms with Crippen molar-refractivity contribution in [2.45, 2.75) is 59.0 Å². The number of carboxylic acid groups (broad SMARTS) is 1. The van der Waals surface area contributed by atoms with Gasteiger partial charge in [-0.1, -0.05) is 17.7 Å². The molecule has 244 valence electrons. The standard InChI is InChI=1S/C34H35ClFN7O4/c1-3-42-21-37-17-25(42)18-43-31(39-29-9-8-28(40-34(29)43)22(2)15-33(44)45)19-41-13-11-26(12-14-41)47-32-6-4-5-24(38-32)20-46-30-10-7-23(35)16-27(30)36/h4-10,15-17,21,26H,3,11-14,18-20H2,1-2H3,(H,44,45)/b22-15+. The maximum Gasteiger partial charge on any atom is 0.328 e. The van der Waals surface area contributed by atoms with Gasteiger partial charge in [-0.15, -0.1) is 0 Å². The van der Waals surface area contributed by atoms with Crippen LogP contribution in [0.2, 0.25) is 5.02 Å². The quantitative estimate of drug-likeness (QED) is 0.161. The second-order valence-corrected chi connectivity index (χ2v) is 11.9. The number of carboxylic acids is 1. The first-order valence-corrected chi connectivity index (χ1v) is 15.8. The number of piperidine rings is 1. The zero-order valence-corrected chi connectivity index (χ0v) is 26.9. The van der Waals surface area contributed by atoms with E-state index in [2.05, 4.69) is 30.9 Å². The summed E-state index contributed by atoms with van der Waals surface area (Å²) in [6.45, 7) is 7.46. The molecule has 4 aromatic heterocycles. The molecule has 1 aliphatic heterocycles. The van der Waals surface area contributed by atoms with Crippen LogP contribution >= 0.6 is 11.6 Å². The lowest BCUT2D eigenvalue weighted by Gasteiger charge is -2.31. The number of halogens is 2. The molecular formula is C34H35ClFN7O4. The molecule has 13 heteroatoms. The third kappa shape index (κ3) is 7.78. The molecule has 1 saturated heterocycles. The Morgan fingerprint density at radius 3 is 2.70 bits per heavy atom. The van der Waals surface area contributed by atoms with E-state index in [1.165, 1.54) is 12.1 Å². The number of hydrogen-bond acceptors (Lipinski definition) is 8. The number of fused-ring (bicyclic) bond motifs is 1. The highest BCUT2D eigenvalue weighted by molar-refractivity contribution is 6.30. The number of carbonyl (C=O) groups is 1. The highest BCUT2D eigenvalue weighted by atomic mass is 35.5. The number of ether oxygens (including phenoxy) is 2. The third-order valence-corrected chi connectivity index (χ3v) is 8.35. The van der Waals surface area contributed by atoms with Gasteiger partial charge < -0.3 is 23.7 Å². The number of aliphatic carboxylic acids is 1. The summed E-state index contributed by atoms with van der Waals surface area (Å²) < 4.78 is 30.1. The van der Waals surface area contributed by atoms with E-state index in [4.69, 9.17) is 31.0 Å². The largest absolute Gasteiger partial charge is 0.484 e. The van der Waals surface area contributed by atoms with Crippen LogP contribution in [0.4, 0.5) is 4.39 Å². The number of likely N-dealkylation sites (tertiary alicyclic amines) is 1. The van der Waals surface area contributed by atoms with Gasteiger partial charge in [0.05, 0.1) is 36.5 Å². The van der Waals surface area contributed by atoms with Crippen LogP contribution in [-0.4, -0.2) is 64.2 Å². The maximum absolute atomic E-state index is 14.1. The number of aryl methyl sites for hydroxylation is 1. The van der Waals surface area contributed by atoms with E-state index in [0.29, 0.717) is 46.6 Å². The van der Waals surface area contributed by atoms with E-state index in [1.807, 2.05) is 42.9 Å². The number of aromatic nitrogens is 6. The maximum atomic E-state index is 14.1. The predicted octanol–water partition coefficient (Wildman–Crippen LogP) is 5.99. The minimum Gasteiger partial charge on any atom is -0.484 e. The average Bonchev–Trinajstić information content (AvgIpc) is 3.65. The number of pyridine rings is 2. The van der Waals surface area contributed by atoms with Gasteiger partial charge in [0.1, 0.15) is 24.1 Å². The van der Waals surface area contributed by atoms with Crippen LogP contribution in [0.3, 0.4) is 0 Å². The number of benzene rings is 1. The second kappa shape index (κ2) is 14.3. The van der Waals surface area contributed by atoms with E-state index >= 15 is 0 Å². The lowest BCUT2D eigenvalue weighted by Crippen LogP contribution is -2.38. The van der Waals surface area contributed by atoms with Crippen molar-refractivity contribution in [2.75, 3.05) is 13.1 Å². The molecule has 0 saturated carbocycles. The van der Waals surface area contributed by atoms with Gasteiger partial charge in [-0.05, 0) is 68.7 Å². The predicted molar refractivity (Wildman–Crippen MR) is 175 cm³/mol. The van der Waals surface area contributed by atoms with E-state index in [-0.39, 0.29) is 18.5 Å². The number of nitrogens with zero attached hydrogens (tertiary/aromatic N) is 7. The van der Waals surface area contributed by atoms with Crippen LogP contribution in [0.1, 0.15) is 49.6 Å². The Kier molecular flexibility index (Phi) is 9.79. The van der Waals surface area contributed by atoms with Crippen LogP contribution < -0.4 is 9.47 Å². The molecule has 6 rings (SSSR count). The molecule has 0 bridgehead atoms. The molecule has 11 nitrogen and oxygen atoms in total. The lowest BCUT2D eigenvalue weighted by atomic mass is 10.1. The van der Waals surface area contributed by atoms with Crippen LogP contribution in [0, 0.1) is 5.82 Å². The van der Waals surface area contributed by atoms with Crippen LogP contribution in [0.15, 0.2) is 67.1 Å². The molecule has 1 fully saturated rings. The summed E-state index contributed by atoms with van der Waals surface area (Å²) in [5, 5.41) is 9.56. The molecule has 0 unspecified atom stereocenters. The van der Waals surface area contributed by atoms with Gasteiger partial charge in [-0.3, -0.25) is 4.90 Å². The Morgan fingerprint density at radius 2 is 1.94 bits per heavy atom. The van der Waals surface area contributed by atoms with Gasteiger partial charge in [0.25, 0.3) is 0 Å². The first-order chi connectivity index (χ1) is 22.7. The van der Waals surface area contributed by atoms with E-state index in [0.717, 1.165) is 55.6 Å². The molecule has 0 radical (unpaired) electrons. The lowest BCUT2D eigenvalue weighted by molar-refractivity contribution is -0.131. The summed E-state index contributed by atoms with van der Waals surface area (Å²) in [4.78, 5) is 32.3. The van der Waals surface area contributed by atoms with Crippen molar-refractivity contribution in [3.05, 3.63) is 101 Å². The van der Waals surface area contributed by atoms with Gasteiger partial charge in [0.15, 0.2) is 17.2 Å². The fraction of sp³-hybridized carbons (Fsp3) is 0.324. The highest BCUT2D eigenvalue weighted by Crippen LogP contribution is 2.25. The molecule has 0 amide bonds. The van der Waals surface area contributed by atoms with Crippen molar-refractivity contribution in [2.24, 2.45) is 0 Å². The van der Waals surface area contributed by atoms with Gasteiger partial charge in [-0.25, -0.2) is 29.1 Å². The Morgan fingerprint density at radius 1 is 1.11 bits per heavy atom. The minimum absolute atomic E-state index is 0.00502. The summed E-state index contributed by atoms with van der Waals surface area (Å²) in [6, 6.07) is 13.5. The monoisotopic (exact) mass is 659 g/mol. The zero-order valence-electron chi connectivity index (χ0n) is 26.1. The second-order valence-electron chi connectivity index (χ2n) is 11.4. The molecule has 47 heavy (non-hydrogen) atoms. The van der Waals surface area contributed by atoms with Crippen LogP contribution in [-0.2, 0) is 31.0 Å². The van der Waals surface area contributed by atoms with Gasteiger partial charge in [-0.2, -0.15) is 0 Å². The van der Waals surface area contributed by atoms with Crippen molar-refractivity contribution < 1.29 is 23.8 Å². The number of imidazole rings is 2. The van der Waals surface area contributed by atoms with E-state index in [9.17, 15) is 14.3 Å². The summed E-state index contributed by atoms with van der Waals surface area (Å²) in [5.41, 5.74) is 4.27. The Labute approximate surface area is 276 Å². The Balaban J connectivity index is 1.12. The summed E-state index contributed by atoms with van der Waals surface area (Å²) in [6.07, 6.45) is 6.44. The molecule has 1 aliphatic rings. The SMILES string of the molecule is CCn1cncc1Cn1c(CN2CCC(Oc3cccc(COc4ccc(Cl)cc4F)n3)CC2)nc2ccc(/C(C)=C/C(=O)O)nc21. The molecule has 1 aromatic carbocycles. The van der Waals surface area contributed by atoms with Crippen LogP contribution in [0.5, 0.6) is 11.6 Å². The van der Waals surface area contributed by atoms with Crippen molar-refractivity contribution in [1.29, 1.82) is 0 Å². The van der Waals surface area contributed by atoms with Crippen molar-refractivity contribution in [3.63, 3.8) is 0 Å². The summed E-state index contributed by atoms with van der Waals surface area (Å²) in [5.74, 6) is -0.0467. The Bertz CT molecular complexity index is 1920. The molecule has 5 aromatic rings. The summed E-state index contributed by atoms with van der Waals surface area (Å²) in [7, 11) is 0. The van der Waals surface area contributed by atoms with Gasteiger partial charge in [0.2, 0.25) is 5.88 Å². The normalized spacial score (nSPS) is 14.5. The van der Waals surface area contributed by atoms with Crippen molar-refractivity contribution in [3.8, 4) is 11.6 Å². The van der Waals surface area contributed by atoms with Crippen LogP contribution in [0.25, 0.3) is 16.7 Å². The molecule has 0 aliphatic carbocycles. The molecule has 5 heterocycles. The molecule has 0 atom stereocenters. The first-order valence-electron chi connectivity index (χ1n) is 15.4. The van der Waals surface area contributed by atoms with Crippen molar-refractivity contribution >= 4 is 34.3 Å². The summed E-state index contributed by atoms with van der Waals surface area (Å²) >= 11 is 5.83. The van der Waals surface area contributed by atoms with Gasteiger partial charge >= 0.3 is 5.97 Å². The molecular weight excluding hydrogens is 625 g/mol. The fourth-order valence-corrected chi connectivity index (χ4v) is 5.80. The minimum atomic E-state index is -1.01. The Hall–Kier alpha value is -4.81. The number of rotatable bonds is 12. The average molecular weight is 660 g/mol. The zero-order chi connectivity index (χ0) is 32.9. The highest BCUT2D eigenvalue weighted by Gasteiger charge is 2.24. The smallest absolute Gasteiger partial charge is 0.328 e. The van der Waals surface area contributed by atoms with Crippen molar-refractivity contribution in [1.82, 2.24) is 34.0 Å². The van der Waals surface area contributed by atoms with E-state index in [1.54, 1.807) is 13.0 Å². The fourth-order valence-electron chi connectivity index (χ4n) is 5.64. The molecule has 0 spiro atoms.